The average molecular weight is 1260 g/mol. The first kappa shape index (κ1) is 55.0. The molecule has 0 atom stereocenters. The third-order valence-corrected chi connectivity index (χ3v) is 21.7. The van der Waals surface area contributed by atoms with Crippen LogP contribution in [-0.4, -0.2) is 0 Å². The van der Waals surface area contributed by atoms with Gasteiger partial charge in [-0.25, -0.2) is 0 Å². The first-order valence-electron chi connectivity index (χ1n) is 33.8. The SMILES string of the molecule is CC1(C)c2cc(N(c3ccc4cc(-c5cc6ccccc6o5)ccc4c3)c3ccc4c(c3)oc3cc5c(cc34)oc3cc(N(c4ccc6c(c4)C(C)(C)c4ccc7ccccc7c4-6)c4ccc6cc(-c7cc8ccccc8o7)ccc6c4)ccc35)ccc2-c2c1ccc1ccccc21. The summed E-state index contributed by atoms with van der Waals surface area (Å²) in [7, 11) is 0. The summed E-state index contributed by atoms with van der Waals surface area (Å²) in [6, 6.07) is 106. The number of hydrogen-bond acceptors (Lipinski definition) is 6. The summed E-state index contributed by atoms with van der Waals surface area (Å²) in [5.74, 6) is 1.71. The van der Waals surface area contributed by atoms with E-state index in [9.17, 15) is 0 Å². The van der Waals surface area contributed by atoms with Crippen LogP contribution >= 0.6 is 0 Å². The lowest BCUT2D eigenvalue weighted by molar-refractivity contribution is 0.631. The van der Waals surface area contributed by atoms with Crippen molar-refractivity contribution in [3.63, 3.8) is 0 Å². The number of fused-ring (bicyclic) bond motifs is 20. The molecule has 21 rings (SSSR count). The van der Waals surface area contributed by atoms with Gasteiger partial charge in [-0.05, 0) is 209 Å². The molecule has 6 heteroatoms. The van der Waals surface area contributed by atoms with Gasteiger partial charge in [0.05, 0.1) is 0 Å². The second-order valence-electron chi connectivity index (χ2n) is 28.0. The van der Waals surface area contributed by atoms with E-state index in [1.165, 1.54) is 66.1 Å². The van der Waals surface area contributed by atoms with E-state index in [2.05, 4.69) is 304 Å². The van der Waals surface area contributed by atoms with Gasteiger partial charge in [-0.1, -0.05) is 185 Å². The standard InChI is InChI=1S/C92H60N2O4/c1-91(2)77-39-27-53-13-5-9-17-69(53)89(77)73-37-33-65(47-79(73)91)93(63-29-25-55-41-61(23-21-57(55)43-63)83-45-59-15-7-11-19-81(59)95-83)67-31-35-71-75-51-88-76(52-87(75)97-85(71)49-67)72-36-32-68(50-86(72)98-88)94(64-30-26-56-42-62(24-22-58(56)44-64)84-46-60-16-8-12-20-82(60)96-84)66-34-38-74-80(48-66)92(3,4)78-40-28-54-14-6-10-18-70(54)90(74)78/h5-52H,1-4H3. The molecule has 0 spiro atoms. The first-order valence-corrected chi connectivity index (χ1v) is 33.8. The highest BCUT2D eigenvalue weighted by atomic mass is 16.3. The molecule has 0 radical (unpaired) electrons. The topological polar surface area (TPSA) is 59.0 Å². The predicted molar refractivity (Wildman–Crippen MR) is 406 cm³/mol. The number of furan rings is 4. The Kier molecular flexibility index (Phi) is 11.3. The van der Waals surface area contributed by atoms with E-state index in [-0.39, 0.29) is 10.8 Å². The zero-order valence-corrected chi connectivity index (χ0v) is 54.2. The van der Waals surface area contributed by atoms with Crippen LogP contribution in [0, 0.1) is 0 Å². The largest absolute Gasteiger partial charge is 0.456 e. The molecule has 19 aromatic rings. The molecular weight excluding hydrogens is 1200 g/mol. The van der Waals surface area contributed by atoms with Crippen molar-refractivity contribution >= 4 is 143 Å². The Morgan fingerprint density at radius 2 is 0.582 bits per heavy atom. The average Bonchev–Trinajstić information content (AvgIpc) is 1.56. The van der Waals surface area contributed by atoms with Gasteiger partial charge in [0.25, 0.3) is 0 Å². The molecule has 462 valence electrons. The van der Waals surface area contributed by atoms with E-state index < -0.39 is 0 Å². The van der Waals surface area contributed by atoms with Gasteiger partial charge in [0.1, 0.15) is 45.0 Å². The molecule has 0 amide bonds. The number of hydrogen-bond donors (Lipinski definition) is 0. The normalized spacial score (nSPS) is 13.7. The molecule has 98 heavy (non-hydrogen) atoms. The highest BCUT2D eigenvalue weighted by molar-refractivity contribution is 6.16. The van der Waals surface area contributed by atoms with Crippen LogP contribution in [0.1, 0.15) is 49.9 Å². The molecule has 4 heterocycles. The summed E-state index contributed by atoms with van der Waals surface area (Å²) >= 11 is 0. The van der Waals surface area contributed by atoms with E-state index in [0.717, 1.165) is 144 Å². The van der Waals surface area contributed by atoms with Crippen molar-refractivity contribution in [3.8, 4) is 44.9 Å². The molecule has 0 unspecified atom stereocenters. The lowest BCUT2D eigenvalue weighted by Gasteiger charge is -2.28. The van der Waals surface area contributed by atoms with Crippen molar-refractivity contribution in [1.82, 2.24) is 0 Å². The monoisotopic (exact) mass is 1260 g/mol. The maximum absolute atomic E-state index is 7.05. The van der Waals surface area contributed by atoms with E-state index in [1.807, 2.05) is 24.3 Å². The van der Waals surface area contributed by atoms with Gasteiger partial charge in [0.15, 0.2) is 0 Å². The van der Waals surface area contributed by atoms with Crippen molar-refractivity contribution in [2.45, 2.75) is 38.5 Å². The summed E-state index contributed by atoms with van der Waals surface area (Å²) < 4.78 is 26.8. The Balaban J connectivity index is 0.675. The number of para-hydroxylation sites is 2. The zero-order valence-electron chi connectivity index (χ0n) is 54.2. The number of anilines is 6. The van der Waals surface area contributed by atoms with Gasteiger partial charge in [-0.15, -0.1) is 0 Å². The van der Waals surface area contributed by atoms with Crippen LogP contribution in [-0.2, 0) is 10.8 Å². The lowest BCUT2D eigenvalue weighted by atomic mass is 9.82. The fraction of sp³-hybridized carbons (Fsp3) is 0.0652. The Hall–Kier alpha value is -12.4. The van der Waals surface area contributed by atoms with Gasteiger partial charge in [-0.2, -0.15) is 0 Å². The van der Waals surface area contributed by atoms with Crippen molar-refractivity contribution in [1.29, 1.82) is 0 Å². The zero-order chi connectivity index (χ0) is 64.9. The quantitative estimate of drug-likeness (QED) is 0.151. The van der Waals surface area contributed by atoms with Gasteiger partial charge in [0, 0.05) is 101 Å². The summed E-state index contributed by atoms with van der Waals surface area (Å²) in [6.45, 7) is 9.47. The van der Waals surface area contributed by atoms with E-state index in [0.29, 0.717) is 0 Å². The maximum Gasteiger partial charge on any atom is 0.137 e. The highest BCUT2D eigenvalue weighted by Crippen LogP contribution is 2.56. The molecule has 15 aromatic carbocycles. The van der Waals surface area contributed by atoms with Gasteiger partial charge < -0.3 is 27.5 Å². The van der Waals surface area contributed by atoms with Crippen LogP contribution in [0.15, 0.2) is 309 Å². The predicted octanol–water partition coefficient (Wildman–Crippen LogP) is 26.5. The molecule has 2 aliphatic carbocycles. The summed E-state index contributed by atoms with van der Waals surface area (Å²) in [4.78, 5) is 4.78. The fourth-order valence-electron chi connectivity index (χ4n) is 16.8. The van der Waals surface area contributed by atoms with Crippen LogP contribution in [0.4, 0.5) is 34.1 Å². The number of benzene rings is 15. The Bertz CT molecular complexity index is 6200. The van der Waals surface area contributed by atoms with Crippen LogP contribution in [0.25, 0.3) is 154 Å². The van der Waals surface area contributed by atoms with Gasteiger partial charge in [-0.3, -0.25) is 0 Å². The Morgan fingerprint density at radius 1 is 0.224 bits per heavy atom. The van der Waals surface area contributed by atoms with Gasteiger partial charge in [0.2, 0.25) is 0 Å². The minimum absolute atomic E-state index is 0.234. The van der Waals surface area contributed by atoms with Crippen LogP contribution in [0.5, 0.6) is 0 Å². The summed E-state index contributed by atoms with van der Waals surface area (Å²) in [6.07, 6.45) is 0. The maximum atomic E-state index is 7.05. The van der Waals surface area contributed by atoms with Crippen molar-refractivity contribution in [3.05, 3.63) is 313 Å². The van der Waals surface area contributed by atoms with Crippen LogP contribution in [0.3, 0.4) is 0 Å². The first-order chi connectivity index (χ1) is 48.0. The van der Waals surface area contributed by atoms with Crippen LogP contribution in [0.2, 0.25) is 0 Å². The molecule has 0 bridgehead atoms. The third-order valence-electron chi connectivity index (χ3n) is 21.7. The molecule has 4 aromatic heterocycles. The smallest absolute Gasteiger partial charge is 0.137 e. The lowest BCUT2D eigenvalue weighted by Crippen LogP contribution is -2.16. The molecule has 0 saturated heterocycles. The van der Waals surface area contributed by atoms with E-state index in [1.54, 1.807) is 0 Å². The van der Waals surface area contributed by atoms with Crippen molar-refractivity contribution in [2.24, 2.45) is 0 Å². The Labute approximate surface area is 564 Å². The molecule has 6 nitrogen and oxygen atoms in total. The molecule has 0 fully saturated rings. The molecule has 0 N–H and O–H groups in total. The second kappa shape index (κ2) is 20.1. The fourth-order valence-corrected chi connectivity index (χ4v) is 16.8. The second-order valence-corrected chi connectivity index (χ2v) is 28.0. The Morgan fingerprint density at radius 3 is 1.04 bits per heavy atom. The summed E-state index contributed by atoms with van der Waals surface area (Å²) in [5.41, 5.74) is 23.3. The van der Waals surface area contributed by atoms with Crippen molar-refractivity contribution < 1.29 is 17.7 Å². The molecule has 2 aliphatic rings. The van der Waals surface area contributed by atoms with Crippen molar-refractivity contribution in [2.75, 3.05) is 9.80 Å². The minimum atomic E-state index is -0.234. The van der Waals surface area contributed by atoms with Gasteiger partial charge >= 0.3 is 0 Å². The molecule has 0 saturated carbocycles. The summed E-state index contributed by atoms with van der Waals surface area (Å²) in [5, 5.41) is 15.8. The number of rotatable bonds is 8. The molecule has 0 aliphatic heterocycles. The highest BCUT2D eigenvalue weighted by Gasteiger charge is 2.39. The van der Waals surface area contributed by atoms with Crippen LogP contribution < -0.4 is 9.80 Å². The van der Waals surface area contributed by atoms with E-state index >= 15 is 0 Å². The van der Waals surface area contributed by atoms with E-state index in [4.69, 9.17) is 17.7 Å². The number of nitrogens with zero attached hydrogens (tertiary/aromatic N) is 2. The minimum Gasteiger partial charge on any atom is -0.456 e. The third kappa shape index (κ3) is 8.09. The molecular formula is C92H60N2O4.